The number of hydrogen-bond acceptors (Lipinski definition) is 7. The highest BCUT2D eigenvalue weighted by atomic mass is 28.4. The van der Waals surface area contributed by atoms with Crippen LogP contribution in [0.5, 0.6) is 17.2 Å². The summed E-state index contributed by atoms with van der Waals surface area (Å²) < 4.78 is 17.8. The van der Waals surface area contributed by atoms with Crippen LogP contribution in [0, 0.1) is 18.8 Å². The molecule has 0 saturated heterocycles. The van der Waals surface area contributed by atoms with E-state index in [1.54, 1.807) is 0 Å². The largest absolute Gasteiger partial charge is 0.543 e. The van der Waals surface area contributed by atoms with Crippen LogP contribution in [0.4, 0.5) is 0 Å². The molecule has 0 amide bonds. The van der Waals surface area contributed by atoms with Gasteiger partial charge in [0.25, 0.3) is 0 Å². The molecule has 0 heterocycles. The smallest absolute Gasteiger partial charge is 0.302 e. The second kappa shape index (κ2) is 25.9. The van der Waals surface area contributed by atoms with Crippen LogP contribution in [0.15, 0.2) is 71.9 Å². The second-order valence-corrected chi connectivity index (χ2v) is 28.4. The van der Waals surface area contributed by atoms with Crippen LogP contribution < -0.4 is 4.43 Å². The molecule has 0 radical (unpaired) electrons. The van der Waals surface area contributed by atoms with Crippen molar-refractivity contribution in [2.75, 3.05) is 13.2 Å². The fraction of sp³-hybridized carbons (Fsp3) is 0.639. The number of phenolic OH excluding ortho intramolecular Hbond substituents is 2. The first kappa shape index (κ1) is 59.3. The molecule has 2 aromatic rings. The van der Waals surface area contributed by atoms with Crippen molar-refractivity contribution in [3.63, 3.8) is 0 Å². The molecule has 4 rings (SSSR count). The summed E-state index contributed by atoms with van der Waals surface area (Å²) in [5.41, 5.74) is 9.83. The van der Waals surface area contributed by atoms with Gasteiger partial charge in [0, 0.05) is 36.8 Å². The van der Waals surface area contributed by atoms with Crippen molar-refractivity contribution in [2.45, 2.75) is 228 Å². The molecule has 2 aliphatic rings. The minimum absolute atomic E-state index is 0.0826. The Bertz CT molecular complexity index is 2110. The van der Waals surface area contributed by atoms with Crippen LogP contribution in [0.2, 0.25) is 18.1 Å². The van der Waals surface area contributed by atoms with Crippen molar-refractivity contribution in [1.29, 1.82) is 0 Å². The number of benzene rings is 2. The molecule has 2 aliphatic carbocycles. The first-order chi connectivity index (χ1) is 32.1. The Labute approximate surface area is 421 Å². The van der Waals surface area contributed by atoms with Crippen LogP contribution in [-0.4, -0.2) is 43.7 Å². The van der Waals surface area contributed by atoms with Gasteiger partial charge in [-0.05, 0) is 146 Å². The summed E-state index contributed by atoms with van der Waals surface area (Å²) in [5.74, 6) is 1.18. The van der Waals surface area contributed by atoms with E-state index >= 15 is 0 Å². The fourth-order valence-corrected chi connectivity index (χ4v) is 11.0. The Balaban J connectivity index is 0.000000373. The van der Waals surface area contributed by atoms with Gasteiger partial charge < -0.3 is 24.1 Å². The highest BCUT2D eigenvalue weighted by Gasteiger charge is 2.41. The monoisotopic (exact) mass is 969 g/mol. The van der Waals surface area contributed by atoms with Crippen molar-refractivity contribution < 1.29 is 33.7 Å². The number of hydrogen-bond donors (Lipinski definition) is 2. The number of rotatable bonds is 22. The van der Waals surface area contributed by atoms with Gasteiger partial charge in [0.05, 0.1) is 0 Å². The zero-order valence-electron chi connectivity index (χ0n) is 46.4. The molecule has 0 saturated carbocycles. The SMILES string of the molecule is C=C(C)[C@H]1CCC(COC(C)=O)=C[C@@H]1c1c(C)cc(C(C)(C)CCCCCC)cc1O[Si](C)(C)C(C)(C)C.C=C(C)[C@H]1CCC(COC(C)=O)=C[C@@H]1c1c(O)cc(C(C)(C)CCCCCC)cc1O. The van der Waals surface area contributed by atoms with E-state index in [0.717, 1.165) is 61.0 Å². The van der Waals surface area contributed by atoms with E-state index < -0.39 is 8.32 Å². The molecule has 0 aliphatic heterocycles. The number of phenols is 2. The average molecular weight is 970 g/mol. The predicted molar refractivity (Wildman–Crippen MR) is 292 cm³/mol. The van der Waals surface area contributed by atoms with Gasteiger partial charge in [-0.1, -0.05) is 156 Å². The van der Waals surface area contributed by atoms with Crippen LogP contribution >= 0.6 is 0 Å². The lowest BCUT2D eigenvalue weighted by Crippen LogP contribution is -2.44. The van der Waals surface area contributed by atoms with Gasteiger partial charge in [-0.3, -0.25) is 9.59 Å². The van der Waals surface area contributed by atoms with Gasteiger partial charge in [0.15, 0.2) is 0 Å². The molecule has 4 atom stereocenters. The van der Waals surface area contributed by atoms with E-state index in [-0.39, 0.29) is 63.7 Å². The average Bonchev–Trinajstić information content (AvgIpc) is 3.24. The number of carbonyl (C=O) groups excluding carboxylic acids is 2. The Hall–Kier alpha value is -4.04. The molecule has 0 unspecified atom stereocenters. The summed E-state index contributed by atoms with van der Waals surface area (Å²) >= 11 is 0. The maximum atomic E-state index is 11.5. The van der Waals surface area contributed by atoms with E-state index in [4.69, 9.17) is 13.9 Å². The summed E-state index contributed by atoms with van der Waals surface area (Å²) in [5, 5.41) is 22.1. The van der Waals surface area contributed by atoms with E-state index in [0.29, 0.717) is 18.1 Å². The summed E-state index contributed by atoms with van der Waals surface area (Å²) in [6.07, 6.45) is 20.1. The van der Waals surface area contributed by atoms with Gasteiger partial charge in [0.1, 0.15) is 30.5 Å². The lowest BCUT2D eigenvalue weighted by Gasteiger charge is -2.40. The van der Waals surface area contributed by atoms with Crippen molar-refractivity contribution >= 4 is 20.3 Å². The number of ether oxygens (including phenoxy) is 2. The summed E-state index contributed by atoms with van der Waals surface area (Å²) in [6.45, 7) is 43.6. The number of esters is 2. The third kappa shape index (κ3) is 17.1. The number of allylic oxidation sites excluding steroid dienone is 4. The zero-order chi connectivity index (χ0) is 52.1. The number of aryl methyl sites for hydroxylation is 1. The van der Waals surface area contributed by atoms with Crippen molar-refractivity contribution in [2.24, 2.45) is 11.8 Å². The van der Waals surface area contributed by atoms with Crippen molar-refractivity contribution in [1.82, 2.24) is 0 Å². The van der Waals surface area contributed by atoms with Gasteiger partial charge in [-0.25, -0.2) is 0 Å². The highest BCUT2D eigenvalue weighted by Crippen LogP contribution is 2.50. The summed E-state index contributed by atoms with van der Waals surface area (Å²) in [7, 11) is -2.09. The Morgan fingerprint density at radius 2 is 1.04 bits per heavy atom. The first-order valence-electron chi connectivity index (χ1n) is 26.4. The number of unbranched alkanes of at least 4 members (excludes halogenated alkanes) is 6. The maximum Gasteiger partial charge on any atom is 0.302 e. The quantitative estimate of drug-likeness (QED) is 0.0524. The fourth-order valence-electron chi connectivity index (χ4n) is 9.98. The number of aromatic hydroxyl groups is 2. The lowest BCUT2D eigenvalue weighted by molar-refractivity contribution is -0.141. The number of carbonyl (C=O) groups is 2. The molecule has 7 nitrogen and oxygen atoms in total. The molecular formula is C61H96O7Si. The van der Waals surface area contributed by atoms with E-state index in [2.05, 4.69) is 121 Å². The molecule has 386 valence electrons. The lowest BCUT2D eigenvalue weighted by atomic mass is 9.71. The molecule has 8 heteroatoms. The van der Waals surface area contributed by atoms with E-state index in [9.17, 15) is 19.8 Å². The van der Waals surface area contributed by atoms with Crippen LogP contribution in [0.25, 0.3) is 0 Å². The van der Waals surface area contributed by atoms with Crippen molar-refractivity contribution in [3.05, 3.63) is 99.7 Å². The molecule has 0 bridgehead atoms. The van der Waals surface area contributed by atoms with Gasteiger partial charge in [0.2, 0.25) is 8.32 Å². The maximum absolute atomic E-state index is 11.5. The molecule has 0 aromatic heterocycles. The van der Waals surface area contributed by atoms with Crippen LogP contribution in [-0.2, 0) is 29.9 Å². The minimum Gasteiger partial charge on any atom is -0.543 e. The van der Waals surface area contributed by atoms with Crippen LogP contribution in [0.1, 0.15) is 220 Å². The summed E-state index contributed by atoms with van der Waals surface area (Å²) in [6, 6.07) is 8.42. The Kier molecular flexibility index (Phi) is 22.2. The summed E-state index contributed by atoms with van der Waals surface area (Å²) in [4.78, 5) is 22.8. The second-order valence-electron chi connectivity index (χ2n) is 23.6. The molecular weight excluding hydrogens is 873 g/mol. The Morgan fingerprint density at radius 1 is 0.638 bits per heavy atom. The minimum atomic E-state index is -2.09. The third-order valence-electron chi connectivity index (χ3n) is 15.6. The standard InChI is InChI=1S/C34H56O3Si.C27H40O4/c1-13-14-15-16-19-34(9,10)28-20-25(4)32(31(22-28)37-38(11,12)33(6,7)8)30-21-27(23-36-26(5)35)17-18-29(30)24(2)3;1-7-8-9-10-13-27(5,6)21-15-24(29)26(25(30)16-21)23-14-20(17-31-19(4)28)11-12-22(23)18(2)3/h20-22,29-30H,2,13-19,23H2,1,3-12H3;14-16,22-23,29-30H,2,7-13,17H2,1,3-6H3/t29-,30+;22-,23+/m11/s1. The topological polar surface area (TPSA) is 102 Å². The van der Waals surface area contributed by atoms with Crippen LogP contribution in [0.3, 0.4) is 0 Å². The van der Waals surface area contributed by atoms with Gasteiger partial charge in [-0.2, -0.15) is 0 Å². The normalized spacial score (nSPS) is 18.8. The molecule has 69 heavy (non-hydrogen) atoms. The molecule has 0 fully saturated rings. The molecule has 2 N–H and O–H groups in total. The van der Waals surface area contributed by atoms with E-state index in [1.807, 2.05) is 25.1 Å². The third-order valence-corrected chi connectivity index (χ3v) is 20.0. The molecule has 0 spiro atoms. The predicted octanol–water partition coefficient (Wildman–Crippen LogP) is 17.1. The van der Waals surface area contributed by atoms with Gasteiger partial charge >= 0.3 is 11.9 Å². The van der Waals surface area contributed by atoms with E-state index in [1.165, 1.54) is 93.1 Å². The zero-order valence-corrected chi connectivity index (χ0v) is 47.4. The highest BCUT2D eigenvalue weighted by molar-refractivity contribution is 6.74. The van der Waals surface area contributed by atoms with Gasteiger partial charge in [-0.15, -0.1) is 0 Å². The first-order valence-corrected chi connectivity index (χ1v) is 29.3. The van der Waals surface area contributed by atoms with Crippen molar-refractivity contribution in [3.8, 4) is 17.2 Å². The Morgan fingerprint density at radius 3 is 1.42 bits per heavy atom. The molecule has 2 aromatic carbocycles.